The molecule has 1 N–H and O–H groups in total. The van der Waals surface area contributed by atoms with Crippen LogP contribution < -0.4 is 10.4 Å². The third kappa shape index (κ3) is 2.04. The van der Waals surface area contributed by atoms with E-state index in [4.69, 9.17) is 20.8 Å². The highest BCUT2D eigenvalue weighted by Crippen LogP contribution is 2.32. The van der Waals surface area contributed by atoms with E-state index in [-0.39, 0.29) is 11.5 Å². The van der Waals surface area contributed by atoms with Crippen molar-refractivity contribution in [2.45, 2.75) is 13.3 Å². The number of hydrogen-bond donors (Lipinski definition) is 1. The maximum Gasteiger partial charge on any atom is 0.339 e. The minimum Gasteiger partial charge on any atom is -0.504 e. The van der Waals surface area contributed by atoms with E-state index in [0.717, 1.165) is 5.56 Å². The summed E-state index contributed by atoms with van der Waals surface area (Å²) in [6.45, 7) is 1.81. The fraction of sp³-hybridized carbons (Fsp3) is 0.308. The molecule has 0 fully saturated rings. The van der Waals surface area contributed by atoms with Crippen molar-refractivity contribution in [3.63, 3.8) is 0 Å². The van der Waals surface area contributed by atoms with Gasteiger partial charge in [-0.25, -0.2) is 4.79 Å². The summed E-state index contributed by atoms with van der Waals surface area (Å²) in [4.78, 5) is 11.8. The molecule has 0 aliphatic rings. The lowest BCUT2D eigenvalue weighted by Crippen LogP contribution is -2.10. The molecule has 4 nitrogen and oxygen atoms in total. The number of halogens is 1. The Balaban J connectivity index is 2.78. The van der Waals surface area contributed by atoms with Crippen molar-refractivity contribution >= 4 is 22.6 Å². The van der Waals surface area contributed by atoms with Gasteiger partial charge in [-0.15, -0.1) is 11.6 Å². The first-order valence-electron chi connectivity index (χ1n) is 5.47. The van der Waals surface area contributed by atoms with E-state index in [0.29, 0.717) is 28.8 Å². The lowest BCUT2D eigenvalue weighted by atomic mass is 10.0. The highest BCUT2D eigenvalue weighted by atomic mass is 35.5. The molecule has 0 amide bonds. The molecule has 0 aliphatic heterocycles. The zero-order valence-electron chi connectivity index (χ0n) is 10.1. The number of fused-ring (bicyclic) bond motifs is 1. The third-order valence-corrected chi connectivity index (χ3v) is 3.12. The maximum atomic E-state index is 11.8. The molecule has 0 unspecified atom stereocenters. The van der Waals surface area contributed by atoms with Crippen LogP contribution in [0.2, 0.25) is 0 Å². The van der Waals surface area contributed by atoms with Gasteiger partial charge in [-0.05, 0) is 25.0 Å². The van der Waals surface area contributed by atoms with Gasteiger partial charge in [-0.3, -0.25) is 0 Å². The van der Waals surface area contributed by atoms with Crippen molar-refractivity contribution in [3.05, 3.63) is 33.7 Å². The Bertz CT molecular complexity index is 645. The summed E-state index contributed by atoms with van der Waals surface area (Å²) in [5.41, 5.74) is 1.32. The Hall–Kier alpha value is -1.68. The van der Waals surface area contributed by atoms with Crippen LogP contribution >= 0.6 is 11.6 Å². The highest BCUT2D eigenvalue weighted by Gasteiger charge is 2.13. The fourth-order valence-electron chi connectivity index (χ4n) is 1.95. The van der Waals surface area contributed by atoms with Crippen LogP contribution in [0.5, 0.6) is 11.5 Å². The van der Waals surface area contributed by atoms with Crippen molar-refractivity contribution in [2.24, 2.45) is 0 Å². The van der Waals surface area contributed by atoms with Crippen LogP contribution in [0.1, 0.15) is 11.1 Å². The van der Waals surface area contributed by atoms with Gasteiger partial charge in [0, 0.05) is 22.9 Å². The maximum absolute atomic E-state index is 11.8. The number of rotatable bonds is 3. The Labute approximate surface area is 109 Å². The van der Waals surface area contributed by atoms with Gasteiger partial charge in [0.25, 0.3) is 0 Å². The normalized spacial score (nSPS) is 10.8. The molecule has 0 saturated carbocycles. The summed E-state index contributed by atoms with van der Waals surface area (Å²) in [6, 6.07) is 3.04. The second-order valence-electron chi connectivity index (χ2n) is 3.95. The summed E-state index contributed by atoms with van der Waals surface area (Å²) >= 11 is 5.66. The molecule has 0 radical (unpaired) electrons. The van der Waals surface area contributed by atoms with Gasteiger partial charge in [-0.2, -0.15) is 0 Å². The number of aryl methyl sites for hydroxylation is 1. The number of ether oxygens (including phenoxy) is 1. The molecular formula is C13H13ClO4. The Kier molecular flexibility index (Phi) is 3.48. The molecule has 1 aromatic carbocycles. The lowest BCUT2D eigenvalue weighted by molar-refractivity contribution is 0.373. The van der Waals surface area contributed by atoms with E-state index < -0.39 is 5.63 Å². The van der Waals surface area contributed by atoms with E-state index >= 15 is 0 Å². The van der Waals surface area contributed by atoms with E-state index in [1.54, 1.807) is 0 Å². The molecule has 5 heteroatoms. The number of phenolic OH excluding ortho intramolecular Hbond substituents is 1. The van der Waals surface area contributed by atoms with E-state index in [1.165, 1.54) is 19.2 Å². The minimum absolute atomic E-state index is 0.0128. The molecule has 0 bridgehead atoms. The van der Waals surface area contributed by atoms with Crippen molar-refractivity contribution in [1.29, 1.82) is 0 Å². The van der Waals surface area contributed by atoms with Crippen LogP contribution in [0.25, 0.3) is 11.0 Å². The molecule has 0 spiro atoms. The summed E-state index contributed by atoms with van der Waals surface area (Å²) in [7, 11) is 1.44. The van der Waals surface area contributed by atoms with Crippen LogP contribution in [0, 0.1) is 6.92 Å². The summed E-state index contributed by atoms with van der Waals surface area (Å²) in [5, 5.41) is 10.4. The summed E-state index contributed by atoms with van der Waals surface area (Å²) in [5.74, 6) is 0.633. The topological polar surface area (TPSA) is 59.7 Å². The van der Waals surface area contributed by atoms with E-state index in [1.807, 2.05) is 6.92 Å². The molecule has 0 atom stereocenters. The second kappa shape index (κ2) is 4.90. The molecule has 2 aromatic rings. The van der Waals surface area contributed by atoms with E-state index in [2.05, 4.69) is 0 Å². The standard InChI is InChI=1S/C13H13ClO4/c1-7-8(3-4-14)13(16)18-11-6-12(17-2)10(15)5-9(7)11/h5-6,15H,3-4H2,1-2H3. The summed E-state index contributed by atoms with van der Waals surface area (Å²) in [6.07, 6.45) is 0.443. The molecule has 0 saturated heterocycles. The first-order chi connectivity index (χ1) is 8.58. The van der Waals surface area contributed by atoms with Crippen molar-refractivity contribution in [3.8, 4) is 11.5 Å². The van der Waals surface area contributed by atoms with Gasteiger partial charge in [-0.1, -0.05) is 0 Å². The number of aromatic hydroxyl groups is 1. The molecule has 2 rings (SSSR count). The van der Waals surface area contributed by atoms with Gasteiger partial charge in [0.15, 0.2) is 11.5 Å². The first kappa shape index (κ1) is 12.8. The van der Waals surface area contributed by atoms with Crippen molar-refractivity contribution in [1.82, 2.24) is 0 Å². The number of alkyl halides is 1. The molecule has 0 aliphatic carbocycles. The van der Waals surface area contributed by atoms with Crippen LogP contribution in [0.15, 0.2) is 21.3 Å². The Morgan fingerprint density at radius 2 is 2.17 bits per heavy atom. The molecule has 96 valence electrons. The van der Waals surface area contributed by atoms with Gasteiger partial charge in [0.05, 0.1) is 7.11 Å². The molecule has 1 aromatic heterocycles. The number of hydrogen-bond acceptors (Lipinski definition) is 4. The second-order valence-corrected chi connectivity index (χ2v) is 4.33. The zero-order chi connectivity index (χ0) is 13.3. The van der Waals surface area contributed by atoms with Gasteiger partial charge in [0.2, 0.25) is 0 Å². The number of methoxy groups -OCH3 is 1. The predicted molar refractivity (Wildman–Crippen MR) is 69.9 cm³/mol. The Morgan fingerprint density at radius 1 is 1.44 bits per heavy atom. The van der Waals surface area contributed by atoms with Crippen LogP contribution in [0.3, 0.4) is 0 Å². The third-order valence-electron chi connectivity index (χ3n) is 2.93. The lowest BCUT2D eigenvalue weighted by Gasteiger charge is -2.09. The quantitative estimate of drug-likeness (QED) is 0.687. The SMILES string of the molecule is COc1cc2oc(=O)c(CCCl)c(C)c2cc1O. The largest absolute Gasteiger partial charge is 0.504 e. The minimum atomic E-state index is -0.395. The number of benzene rings is 1. The van der Waals surface area contributed by atoms with Gasteiger partial charge in [0.1, 0.15) is 5.58 Å². The first-order valence-corrected chi connectivity index (χ1v) is 6.01. The van der Waals surface area contributed by atoms with Crippen LogP contribution in [-0.2, 0) is 6.42 Å². The van der Waals surface area contributed by atoms with Crippen molar-refractivity contribution in [2.75, 3.05) is 13.0 Å². The average Bonchev–Trinajstić information content (AvgIpc) is 2.35. The Morgan fingerprint density at radius 3 is 2.78 bits per heavy atom. The number of phenols is 1. The average molecular weight is 269 g/mol. The zero-order valence-corrected chi connectivity index (χ0v) is 10.9. The highest BCUT2D eigenvalue weighted by molar-refractivity contribution is 6.18. The van der Waals surface area contributed by atoms with E-state index in [9.17, 15) is 9.90 Å². The molecule has 18 heavy (non-hydrogen) atoms. The molecule has 1 heterocycles. The fourth-order valence-corrected chi connectivity index (χ4v) is 2.14. The monoisotopic (exact) mass is 268 g/mol. The predicted octanol–water partition coefficient (Wildman–Crippen LogP) is 2.60. The van der Waals surface area contributed by atoms with Gasteiger partial charge >= 0.3 is 5.63 Å². The van der Waals surface area contributed by atoms with Gasteiger partial charge < -0.3 is 14.3 Å². The van der Waals surface area contributed by atoms with Crippen molar-refractivity contribution < 1.29 is 14.3 Å². The molecular weight excluding hydrogens is 256 g/mol. The smallest absolute Gasteiger partial charge is 0.339 e. The summed E-state index contributed by atoms with van der Waals surface area (Å²) < 4.78 is 10.2. The van der Waals surface area contributed by atoms with Crippen LogP contribution in [0.4, 0.5) is 0 Å². The van der Waals surface area contributed by atoms with Crippen LogP contribution in [-0.4, -0.2) is 18.1 Å².